The highest BCUT2D eigenvalue weighted by Gasteiger charge is 2.05. The van der Waals surface area contributed by atoms with Gasteiger partial charge in [0.2, 0.25) is 5.91 Å². The Kier molecular flexibility index (Phi) is 3.83. The Bertz CT molecular complexity index is 544. The van der Waals surface area contributed by atoms with E-state index in [1.165, 1.54) is 36.7 Å². The summed E-state index contributed by atoms with van der Waals surface area (Å²) in [5.74, 6) is -0.580. The van der Waals surface area contributed by atoms with Crippen LogP contribution in [0.5, 0.6) is 0 Å². The fraction of sp³-hybridized carbons (Fsp3) is 0.182. The Morgan fingerprint density at radius 3 is 3.00 bits per heavy atom. The number of nitrogens with one attached hydrogen (secondary N) is 2. The quantitative estimate of drug-likeness (QED) is 0.890. The molecule has 2 aromatic rings. The minimum absolute atomic E-state index is 0.198. The maximum Gasteiger partial charge on any atom is 0.221 e. The first-order valence-corrected chi connectivity index (χ1v) is 6.06. The molecule has 1 aromatic carbocycles. The second kappa shape index (κ2) is 5.54. The fourth-order valence-corrected chi connectivity index (χ4v) is 1.84. The fourth-order valence-electron chi connectivity index (χ4n) is 1.39. The molecule has 1 heterocycles. The summed E-state index contributed by atoms with van der Waals surface area (Å²) < 4.78 is 17.2. The van der Waals surface area contributed by atoms with Gasteiger partial charge in [0.15, 0.2) is 0 Å². The van der Waals surface area contributed by atoms with Gasteiger partial charge < -0.3 is 10.6 Å². The highest BCUT2D eigenvalue weighted by Crippen LogP contribution is 2.20. The second-order valence-electron chi connectivity index (χ2n) is 3.63. The summed E-state index contributed by atoms with van der Waals surface area (Å²) >= 11 is 1.24. The Hall–Kier alpha value is -2.02. The van der Waals surface area contributed by atoms with Gasteiger partial charge in [-0.1, -0.05) is 4.49 Å². The van der Waals surface area contributed by atoms with Crippen LogP contribution in [0.2, 0.25) is 0 Å². The van der Waals surface area contributed by atoms with E-state index in [1.807, 2.05) is 0 Å². The van der Waals surface area contributed by atoms with Crippen molar-refractivity contribution in [2.45, 2.75) is 13.5 Å². The first-order chi connectivity index (χ1) is 8.65. The van der Waals surface area contributed by atoms with Crippen LogP contribution in [-0.4, -0.2) is 15.5 Å². The van der Waals surface area contributed by atoms with Crippen molar-refractivity contribution in [1.82, 2.24) is 9.59 Å². The zero-order valence-corrected chi connectivity index (χ0v) is 10.4. The number of carbonyl (C=O) groups is 1. The first kappa shape index (κ1) is 12.4. The lowest BCUT2D eigenvalue weighted by Gasteiger charge is -2.08. The van der Waals surface area contributed by atoms with Gasteiger partial charge in [0.1, 0.15) is 5.82 Å². The zero-order chi connectivity index (χ0) is 13.0. The lowest BCUT2D eigenvalue weighted by Crippen LogP contribution is -2.07. The van der Waals surface area contributed by atoms with Crippen molar-refractivity contribution in [1.29, 1.82) is 0 Å². The van der Waals surface area contributed by atoms with E-state index in [9.17, 15) is 9.18 Å². The molecule has 94 valence electrons. The molecule has 0 spiro atoms. The van der Waals surface area contributed by atoms with Crippen molar-refractivity contribution in [3.63, 3.8) is 0 Å². The maximum absolute atomic E-state index is 13.5. The van der Waals surface area contributed by atoms with Crippen LogP contribution in [0.15, 0.2) is 23.6 Å². The smallest absolute Gasteiger partial charge is 0.221 e. The summed E-state index contributed by atoms with van der Waals surface area (Å²) in [7, 11) is 0. The van der Waals surface area contributed by atoms with Crippen LogP contribution in [0.4, 0.5) is 15.8 Å². The van der Waals surface area contributed by atoms with Gasteiger partial charge in [0, 0.05) is 18.0 Å². The van der Waals surface area contributed by atoms with Crippen molar-refractivity contribution in [3.05, 3.63) is 35.1 Å². The van der Waals surface area contributed by atoms with Gasteiger partial charge in [0.25, 0.3) is 0 Å². The minimum Gasteiger partial charge on any atom is -0.377 e. The Morgan fingerprint density at radius 2 is 2.33 bits per heavy atom. The molecule has 0 bridgehead atoms. The van der Waals surface area contributed by atoms with Crippen molar-refractivity contribution in [2.75, 3.05) is 10.6 Å². The molecule has 0 saturated carbocycles. The Labute approximate surface area is 107 Å². The number of amides is 1. The number of rotatable bonds is 4. The molecule has 0 radical (unpaired) electrons. The molecule has 18 heavy (non-hydrogen) atoms. The number of nitrogens with zero attached hydrogens (tertiary/aromatic N) is 2. The predicted molar refractivity (Wildman–Crippen MR) is 67.9 cm³/mol. The van der Waals surface area contributed by atoms with Crippen molar-refractivity contribution in [3.8, 4) is 0 Å². The first-order valence-electron chi connectivity index (χ1n) is 5.22. The summed E-state index contributed by atoms with van der Waals surface area (Å²) in [6.07, 6.45) is 0. The molecule has 0 aliphatic rings. The van der Waals surface area contributed by atoms with Crippen LogP contribution in [0.3, 0.4) is 0 Å². The zero-order valence-electron chi connectivity index (χ0n) is 9.61. The largest absolute Gasteiger partial charge is 0.377 e. The lowest BCUT2D eigenvalue weighted by atomic mass is 10.2. The monoisotopic (exact) mass is 266 g/mol. The van der Waals surface area contributed by atoms with E-state index in [2.05, 4.69) is 20.2 Å². The third-order valence-electron chi connectivity index (χ3n) is 2.15. The van der Waals surface area contributed by atoms with Crippen LogP contribution in [-0.2, 0) is 11.3 Å². The number of benzene rings is 1. The summed E-state index contributed by atoms with van der Waals surface area (Å²) in [6, 6.07) is 4.34. The number of carbonyl (C=O) groups excluding carboxylic acids is 1. The molecule has 0 unspecified atom stereocenters. The number of aromatic nitrogens is 2. The molecule has 0 aliphatic carbocycles. The molecule has 1 aromatic heterocycles. The van der Waals surface area contributed by atoms with Crippen LogP contribution in [0.25, 0.3) is 0 Å². The van der Waals surface area contributed by atoms with Gasteiger partial charge in [-0.3, -0.25) is 4.79 Å². The highest BCUT2D eigenvalue weighted by atomic mass is 32.1. The van der Waals surface area contributed by atoms with E-state index in [1.54, 1.807) is 5.38 Å². The molecule has 2 rings (SSSR count). The molecule has 5 nitrogen and oxygen atoms in total. The molecule has 0 aliphatic heterocycles. The van der Waals surface area contributed by atoms with Gasteiger partial charge in [-0.05, 0) is 29.7 Å². The molecular formula is C11H11FN4OS. The summed E-state index contributed by atoms with van der Waals surface area (Å²) in [6.45, 7) is 1.79. The van der Waals surface area contributed by atoms with Crippen LogP contribution < -0.4 is 10.6 Å². The second-order valence-corrected chi connectivity index (χ2v) is 4.24. The third-order valence-corrected chi connectivity index (χ3v) is 2.71. The molecular weight excluding hydrogens is 255 g/mol. The van der Waals surface area contributed by atoms with Gasteiger partial charge in [-0.25, -0.2) is 4.39 Å². The number of halogens is 1. The number of hydrogen-bond acceptors (Lipinski definition) is 5. The van der Waals surface area contributed by atoms with Gasteiger partial charge in [-0.2, -0.15) is 0 Å². The standard InChI is InChI=1S/C11H11FN4OS/c1-7(17)14-8-2-3-10(12)11(4-8)13-5-9-6-18-16-15-9/h2-4,6,13H,5H2,1H3,(H,14,17). The summed E-state index contributed by atoms with van der Waals surface area (Å²) in [5.41, 5.74) is 1.60. The lowest BCUT2D eigenvalue weighted by molar-refractivity contribution is -0.114. The van der Waals surface area contributed by atoms with E-state index >= 15 is 0 Å². The molecule has 0 atom stereocenters. The van der Waals surface area contributed by atoms with Crippen LogP contribution in [0, 0.1) is 5.82 Å². The predicted octanol–water partition coefficient (Wildman–Crippen LogP) is 2.25. The SMILES string of the molecule is CC(=O)Nc1ccc(F)c(NCc2csnn2)c1. The molecule has 2 N–H and O–H groups in total. The van der Waals surface area contributed by atoms with Crippen molar-refractivity contribution < 1.29 is 9.18 Å². The third kappa shape index (κ3) is 3.24. The summed E-state index contributed by atoms with van der Waals surface area (Å²) in [5, 5.41) is 11.1. The van der Waals surface area contributed by atoms with Crippen molar-refractivity contribution >= 4 is 28.8 Å². The van der Waals surface area contributed by atoms with E-state index < -0.39 is 0 Å². The van der Waals surface area contributed by atoms with Gasteiger partial charge in [0.05, 0.1) is 17.9 Å². The van der Waals surface area contributed by atoms with E-state index in [0.29, 0.717) is 17.9 Å². The van der Waals surface area contributed by atoms with Gasteiger partial charge in [-0.15, -0.1) is 5.10 Å². The van der Waals surface area contributed by atoms with E-state index in [-0.39, 0.29) is 11.7 Å². The van der Waals surface area contributed by atoms with Crippen LogP contribution >= 0.6 is 11.5 Å². The molecule has 7 heteroatoms. The maximum atomic E-state index is 13.5. The molecule has 1 amide bonds. The molecule has 0 fully saturated rings. The summed E-state index contributed by atoms with van der Waals surface area (Å²) in [4.78, 5) is 10.9. The van der Waals surface area contributed by atoms with Gasteiger partial charge >= 0.3 is 0 Å². The molecule has 0 saturated heterocycles. The Morgan fingerprint density at radius 1 is 1.50 bits per heavy atom. The normalized spacial score (nSPS) is 10.1. The Balaban J connectivity index is 2.08. The van der Waals surface area contributed by atoms with Crippen molar-refractivity contribution in [2.24, 2.45) is 0 Å². The number of hydrogen-bond donors (Lipinski definition) is 2. The highest BCUT2D eigenvalue weighted by molar-refractivity contribution is 7.03. The van der Waals surface area contributed by atoms with E-state index in [4.69, 9.17) is 0 Å². The topological polar surface area (TPSA) is 66.9 Å². The number of anilines is 2. The average Bonchev–Trinajstić information content (AvgIpc) is 2.82. The van der Waals surface area contributed by atoms with E-state index in [0.717, 1.165) is 5.69 Å². The minimum atomic E-state index is -0.382. The average molecular weight is 266 g/mol. The van der Waals surface area contributed by atoms with Crippen LogP contribution in [0.1, 0.15) is 12.6 Å².